The largest absolute Gasteiger partial charge is 0.352 e. The Hall–Kier alpha value is -3.01. The minimum atomic E-state index is 0.0219. The van der Waals surface area contributed by atoms with Gasteiger partial charge in [-0.1, -0.05) is 55.5 Å². The van der Waals surface area contributed by atoms with Crippen molar-refractivity contribution in [3.8, 4) is 0 Å². The van der Waals surface area contributed by atoms with Crippen LogP contribution < -0.4 is 5.32 Å². The minimum Gasteiger partial charge on any atom is -0.352 e. The molecule has 1 N–H and O–H groups in total. The van der Waals surface area contributed by atoms with E-state index < -0.39 is 0 Å². The smallest absolute Gasteiger partial charge is 0.219 e. The highest BCUT2D eigenvalue weighted by molar-refractivity contribution is 6.11. The van der Waals surface area contributed by atoms with Crippen molar-refractivity contribution in [3.63, 3.8) is 0 Å². The van der Waals surface area contributed by atoms with Gasteiger partial charge in [0.1, 0.15) is 0 Å². The van der Waals surface area contributed by atoms with Gasteiger partial charge in [0.05, 0.1) is 5.71 Å². The number of hydrogen-bond acceptors (Lipinski definition) is 3. The van der Waals surface area contributed by atoms with E-state index in [0.717, 1.165) is 28.8 Å². The van der Waals surface area contributed by atoms with Crippen LogP contribution in [0.2, 0.25) is 0 Å². The van der Waals surface area contributed by atoms with Gasteiger partial charge in [-0.2, -0.15) is 0 Å². The summed E-state index contributed by atoms with van der Waals surface area (Å²) >= 11 is 0. The Kier molecular flexibility index (Phi) is 8.17. The average molecular weight is 362 g/mol. The SMILES string of the molecule is CCC(=O)NCc1cccc(C(/C=C\C(=O)CCc2ccccc2)=NC)c1. The van der Waals surface area contributed by atoms with E-state index in [2.05, 4.69) is 10.3 Å². The molecule has 27 heavy (non-hydrogen) atoms. The van der Waals surface area contributed by atoms with Crippen LogP contribution in [0.15, 0.2) is 71.7 Å². The van der Waals surface area contributed by atoms with E-state index in [1.807, 2.05) is 61.5 Å². The van der Waals surface area contributed by atoms with Crippen molar-refractivity contribution in [1.82, 2.24) is 5.32 Å². The molecule has 0 radical (unpaired) electrons. The Balaban J connectivity index is 1.96. The van der Waals surface area contributed by atoms with Gasteiger partial charge in [0, 0.05) is 26.4 Å². The molecule has 1 amide bonds. The molecule has 2 aromatic carbocycles. The first-order valence-electron chi connectivity index (χ1n) is 9.20. The first-order chi connectivity index (χ1) is 13.1. The average Bonchev–Trinajstić information content (AvgIpc) is 2.72. The molecule has 0 heterocycles. The van der Waals surface area contributed by atoms with E-state index >= 15 is 0 Å². The zero-order valence-corrected chi connectivity index (χ0v) is 15.9. The van der Waals surface area contributed by atoms with Gasteiger partial charge in [0.2, 0.25) is 5.91 Å². The lowest BCUT2D eigenvalue weighted by molar-refractivity contribution is -0.121. The molecular formula is C23H26N2O2. The minimum absolute atomic E-state index is 0.0219. The van der Waals surface area contributed by atoms with Crippen LogP contribution in [-0.4, -0.2) is 24.4 Å². The second-order valence-corrected chi connectivity index (χ2v) is 6.22. The molecule has 0 saturated carbocycles. The molecule has 0 atom stereocenters. The number of carbonyl (C=O) groups excluding carboxylic acids is 2. The Morgan fingerprint density at radius 3 is 2.44 bits per heavy atom. The normalized spacial score (nSPS) is 11.6. The fraction of sp³-hybridized carbons (Fsp3) is 0.261. The van der Waals surface area contributed by atoms with Gasteiger partial charge < -0.3 is 5.32 Å². The summed E-state index contributed by atoms with van der Waals surface area (Å²) in [6.45, 7) is 2.31. The third kappa shape index (κ3) is 7.02. The lowest BCUT2D eigenvalue weighted by Gasteiger charge is -2.07. The first kappa shape index (κ1) is 20.3. The standard InChI is InChI=1S/C23H26N2O2/c1-3-23(27)25-17-19-10-7-11-20(16-19)22(24-2)15-14-21(26)13-12-18-8-5-4-6-9-18/h4-11,14-16H,3,12-13,17H2,1-2H3,(H,25,27)/b15-14-,24-22?. The molecule has 4 nitrogen and oxygen atoms in total. The maximum atomic E-state index is 12.2. The Morgan fingerprint density at radius 1 is 1.00 bits per heavy atom. The summed E-state index contributed by atoms with van der Waals surface area (Å²) in [6.07, 6.45) is 5.03. The lowest BCUT2D eigenvalue weighted by Crippen LogP contribution is -2.21. The molecule has 0 aromatic heterocycles. The predicted molar refractivity (Wildman–Crippen MR) is 110 cm³/mol. The van der Waals surface area contributed by atoms with Crippen molar-refractivity contribution in [2.45, 2.75) is 32.7 Å². The van der Waals surface area contributed by atoms with Crippen LogP contribution in [0.25, 0.3) is 0 Å². The highest BCUT2D eigenvalue weighted by atomic mass is 16.1. The van der Waals surface area contributed by atoms with Gasteiger partial charge in [-0.05, 0) is 41.3 Å². The van der Waals surface area contributed by atoms with E-state index in [1.54, 1.807) is 19.2 Å². The highest BCUT2D eigenvalue weighted by Crippen LogP contribution is 2.09. The summed E-state index contributed by atoms with van der Waals surface area (Å²) < 4.78 is 0. The summed E-state index contributed by atoms with van der Waals surface area (Å²) in [5.74, 6) is 0.0973. The second-order valence-electron chi connectivity index (χ2n) is 6.22. The highest BCUT2D eigenvalue weighted by Gasteiger charge is 2.04. The monoisotopic (exact) mass is 362 g/mol. The molecule has 2 rings (SSSR count). The fourth-order valence-electron chi connectivity index (χ4n) is 2.63. The molecule has 0 saturated heterocycles. The van der Waals surface area contributed by atoms with E-state index in [1.165, 1.54) is 0 Å². The van der Waals surface area contributed by atoms with Crippen molar-refractivity contribution in [3.05, 3.63) is 83.4 Å². The number of benzene rings is 2. The second kappa shape index (κ2) is 10.9. The van der Waals surface area contributed by atoms with Crippen LogP contribution in [0.3, 0.4) is 0 Å². The molecule has 0 aliphatic carbocycles. The van der Waals surface area contributed by atoms with E-state index in [0.29, 0.717) is 19.4 Å². The van der Waals surface area contributed by atoms with Crippen molar-refractivity contribution >= 4 is 17.4 Å². The summed E-state index contributed by atoms with van der Waals surface area (Å²) in [5, 5.41) is 2.86. The molecule has 0 bridgehead atoms. The third-order valence-electron chi connectivity index (χ3n) is 4.20. The summed E-state index contributed by atoms with van der Waals surface area (Å²) in [6, 6.07) is 17.8. The third-order valence-corrected chi connectivity index (χ3v) is 4.20. The zero-order chi connectivity index (χ0) is 19.5. The van der Waals surface area contributed by atoms with Gasteiger partial charge in [-0.25, -0.2) is 0 Å². The van der Waals surface area contributed by atoms with Crippen LogP contribution in [0.1, 0.15) is 36.5 Å². The molecule has 0 fully saturated rings. The number of aliphatic imine (C=N–C) groups is 1. The predicted octanol–water partition coefficient (Wildman–Crippen LogP) is 3.89. The number of hydrogen-bond donors (Lipinski definition) is 1. The quantitative estimate of drug-likeness (QED) is 0.543. The van der Waals surface area contributed by atoms with Crippen molar-refractivity contribution in [2.24, 2.45) is 4.99 Å². The topological polar surface area (TPSA) is 58.5 Å². The van der Waals surface area contributed by atoms with Crippen molar-refractivity contribution in [1.29, 1.82) is 0 Å². The number of nitrogens with one attached hydrogen (secondary N) is 1. The number of allylic oxidation sites excluding steroid dienone is 2. The molecule has 4 heteroatoms. The number of rotatable bonds is 9. The van der Waals surface area contributed by atoms with Gasteiger partial charge >= 0.3 is 0 Å². The molecule has 0 spiro atoms. The molecule has 0 unspecified atom stereocenters. The molecule has 140 valence electrons. The van der Waals surface area contributed by atoms with Crippen LogP contribution in [0.5, 0.6) is 0 Å². The van der Waals surface area contributed by atoms with Crippen molar-refractivity contribution < 1.29 is 9.59 Å². The number of nitrogens with zero attached hydrogens (tertiary/aromatic N) is 1. The number of carbonyl (C=O) groups is 2. The van der Waals surface area contributed by atoms with Crippen LogP contribution in [-0.2, 0) is 22.6 Å². The van der Waals surface area contributed by atoms with Crippen LogP contribution in [0.4, 0.5) is 0 Å². The Labute approximate surface area is 161 Å². The molecule has 0 aliphatic heterocycles. The van der Waals surface area contributed by atoms with E-state index in [4.69, 9.17) is 0 Å². The van der Waals surface area contributed by atoms with E-state index in [9.17, 15) is 9.59 Å². The number of aryl methyl sites for hydroxylation is 1. The fourth-order valence-corrected chi connectivity index (χ4v) is 2.63. The number of amides is 1. The first-order valence-corrected chi connectivity index (χ1v) is 9.20. The maximum Gasteiger partial charge on any atom is 0.219 e. The van der Waals surface area contributed by atoms with Gasteiger partial charge in [-0.3, -0.25) is 14.6 Å². The van der Waals surface area contributed by atoms with Gasteiger partial charge in [0.15, 0.2) is 5.78 Å². The zero-order valence-electron chi connectivity index (χ0n) is 15.9. The van der Waals surface area contributed by atoms with Crippen LogP contribution in [0, 0.1) is 0 Å². The molecular weight excluding hydrogens is 336 g/mol. The van der Waals surface area contributed by atoms with Gasteiger partial charge in [0.25, 0.3) is 0 Å². The summed E-state index contributed by atoms with van der Waals surface area (Å²) in [5.41, 5.74) is 3.82. The maximum absolute atomic E-state index is 12.2. The molecule has 2 aromatic rings. The van der Waals surface area contributed by atoms with Crippen LogP contribution >= 0.6 is 0 Å². The summed E-state index contributed by atoms with van der Waals surface area (Å²) in [7, 11) is 1.71. The number of ketones is 1. The molecule has 0 aliphatic rings. The Morgan fingerprint density at radius 2 is 1.74 bits per heavy atom. The summed E-state index contributed by atoms with van der Waals surface area (Å²) in [4.78, 5) is 27.9. The van der Waals surface area contributed by atoms with Crippen molar-refractivity contribution in [2.75, 3.05) is 7.05 Å². The van der Waals surface area contributed by atoms with Gasteiger partial charge in [-0.15, -0.1) is 0 Å². The Bertz CT molecular complexity index is 823. The van der Waals surface area contributed by atoms with E-state index in [-0.39, 0.29) is 11.7 Å². The lowest BCUT2D eigenvalue weighted by atomic mass is 10.0.